The molecule has 2 aromatic heterocycles. The zero-order valence-electron chi connectivity index (χ0n) is 12.5. The van der Waals surface area contributed by atoms with Crippen LogP contribution in [0.5, 0.6) is 0 Å². The lowest BCUT2D eigenvalue weighted by atomic mass is 10.2. The highest BCUT2D eigenvalue weighted by molar-refractivity contribution is 5.80. The number of pyridine rings is 1. The van der Waals surface area contributed by atoms with E-state index in [2.05, 4.69) is 40.4 Å². The van der Waals surface area contributed by atoms with E-state index in [9.17, 15) is 0 Å². The van der Waals surface area contributed by atoms with Gasteiger partial charge in [0.1, 0.15) is 5.65 Å². The number of hydrogen-bond acceptors (Lipinski definition) is 3. The highest BCUT2D eigenvalue weighted by Crippen LogP contribution is 2.19. The number of fused-ring (bicyclic) bond motifs is 1. The minimum atomic E-state index is 0.375. The molecular weight excluding hydrogens is 240 g/mol. The first-order chi connectivity index (χ1) is 9.28. The van der Waals surface area contributed by atoms with E-state index in [1.165, 1.54) is 18.1 Å². The van der Waals surface area contributed by atoms with Gasteiger partial charge < -0.3 is 9.30 Å². The van der Waals surface area contributed by atoms with Crippen LogP contribution < -0.4 is 0 Å². The maximum atomic E-state index is 8.95. The lowest BCUT2D eigenvalue weighted by molar-refractivity contribution is -0.126. The van der Waals surface area contributed by atoms with Gasteiger partial charge in [0, 0.05) is 24.3 Å². The lowest BCUT2D eigenvalue weighted by Crippen LogP contribution is -1.91. The molecule has 0 aliphatic rings. The Morgan fingerprint density at radius 2 is 2.00 bits per heavy atom. The largest absolute Gasteiger partial charge is 0.471 e. The third kappa shape index (κ3) is 4.73. The van der Waals surface area contributed by atoms with Crippen molar-refractivity contribution in [2.24, 2.45) is 0 Å². The smallest absolute Gasteiger partial charge is 0.292 e. The third-order valence-electron chi connectivity index (χ3n) is 2.53. The van der Waals surface area contributed by atoms with Crippen LogP contribution in [0.2, 0.25) is 0 Å². The van der Waals surface area contributed by atoms with E-state index in [0.717, 1.165) is 18.6 Å². The molecule has 0 aromatic carbocycles. The van der Waals surface area contributed by atoms with Gasteiger partial charge in [-0.05, 0) is 31.0 Å². The summed E-state index contributed by atoms with van der Waals surface area (Å²) >= 11 is 0. The summed E-state index contributed by atoms with van der Waals surface area (Å²) in [6, 6.07) is 4.15. The van der Waals surface area contributed by atoms with Crippen molar-refractivity contribution in [2.45, 2.75) is 40.7 Å². The van der Waals surface area contributed by atoms with Crippen LogP contribution in [0.4, 0.5) is 0 Å². The maximum Gasteiger partial charge on any atom is 0.292 e. The molecule has 0 saturated heterocycles. The van der Waals surface area contributed by atoms with Crippen LogP contribution in [-0.2, 0) is 22.5 Å². The van der Waals surface area contributed by atoms with Crippen LogP contribution in [0.1, 0.15) is 33.3 Å². The standard InChI is InChI=1S/C11H14N2.C2H4O2.C2H6/c1-3-9-8-13(4-2)11-10(9)6-5-7-12-11;1-4-2-3;1-2/h5-8H,3-4H2,1-2H3;2H,1H3;1-2H3. The Morgan fingerprint density at radius 1 is 1.37 bits per heavy atom. The SMILES string of the molecule is CC.CCc1cn(CC)c2ncccc12.COC=O. The van der Waals surface area contributed by atoms with E-state index < -0.39 is 0 Å². The van der Waals surface area contributed by atoms with E-state index in [1.54, 1.807) is 0 Å². The Labute approximate surface area is 115 Å². The Hall–Kier alpha value is -1.84. The van der Waals surface area contributed by atoms with Gasteiger partial charge in [-0.3, -0.25) is 4.79 Å². The fraction of sp³-hybridized carbons (Fsp3) is 0.467. The van der Waals surface area contributed by atoms with Crippen LogP contribution in [0, 0.1) is 0 Å². The van der Waals surface area contributed by atoms with Crippen LogP contribution >= 0.6 is 0 Å². The van der Waals surface area contributed by atoms with Gasteiger partial charge in [0.25, 0.3) is 6.47 Å². The Balaban J connectivity index is 0.000000467. The normalized spacial score (nSPS) is 8.89. The third-order valence-corrected chi connectivity index (χ3v) is 2.53. The molecule has 2 heterocycles. The average molecular weight is 264 g/mol. The first-order valence-electron chi connectivity index (χ1n) is 6.67. The highest BCUT2D eigenvalue weighted by Gasteiger charge is 2.05. The second kappa shape index (κ2) is 10.1. The number of ether oxygens (including phenoxy) is 1. The molecular formula is C15H24N2O2. The number of methoxy groups -OCH3 is 1. The Morgan fingerprint density at radius 3 is 2.47 bits per heavy atom. The molecule has 0 radical (unpaired) electrons. The number of carbonyl (C=O) groups is 1. The summed E-state index contributed by atoms with van der Waals surface area (Å²) in [5.41, 5.74) is 2.51. The first-order valence-corrected chi connectivity index (χ1v) is 6.67. The second-order valence-electron chi connectivity index (χ2n) is 3.50. The molecule has 0 atom stereocenters. The number of rotatable bonds is 3. The number of nitrogens with zero attached hydrogens (tertiary/aromatic N) is 2. The van der Waals surface area contributed by atoms with Crippen LogP contribution in [-0.4, -0.2) is 23.1 Å². The van der Waals surface area contributed by atoms with Crippen molar-refractivity contribution in [2.75, 3.05) is 7.11 Å². The van der Waals surface area contributed by atoms with Crippen molar-refractivity contribution in [3.8, 4) is 0 Å². The predicted octanol–water partition coefficient (Wildman–Crippen LogP) is 3.43. The quantitative estimate of drug-likeness (QED) is 0.798. The van der Waals surface area contributed by atoms with Crippen molar-refractivity contribution in [1.82, 2.24) is 9.55 Å². The van der Waals surface area contributed by atoms with Gasteiger partial charge in [0.15, 0.2) is 0 Å². The van der Waals surface area contributed by atoms with Gasteiger partial charge in [0.05, 0.1) is 7.11 Å². The average Bonchev–Trinajstić information content (AvgIpc) is 2.87. The predicted molar refractivity (Wildman–Crippen MR) is 79.2 cm³/mol. The fourth-order valence-electron chi connectivity index (χ4n) is 1.72. The van der Waals surface area contributed by atoms with Crippen molar-refractivity contribution in [3.63, 3.8) is 0 Å². The van der Waals surface area contributed by atoms with E-state index >= 15 is 0 Å². The van der Waals surface area contributed by atoms with Crippen molar-refractivity contribution in [3.05, 3.63) is 30.1 Å². The first kappa shape index (κ1) is 17.2. The Kier molecular flexibility index (Phi) is 9.14. The molecule has 0 spiro atoms. The molecule has 0 fully saturated rings. The minimum absolute atomic E-state index is 0.375. The van der Waals surface area contributed by atoms with Gasteiger partial charge in [0.2, 0.25) is 0 Å². The molecule has 2 aromatic rings. The van der Waals surface area contributed by atoms with Crippen LogP contribution in [0.25, 0.3) is 11.0 Å². The summed E-state index contributed by atoms with van der Waals surface area (Å²) < 4.78 is 6.06. The van der Waals surface area contributed by atoms with E-state index in [1.807, 2.05) is 26.1 Å². The summed E-state index contributed by atoms with van der Waals surface area (Å²) in [5, 5.41) is 1.30. The summed E-state index contributed by atoms with van der Waals surface area (Å²) in [6.07, 6.45) is 5.14. The maximum absolute atomic E-state index is 8.95. The monoisotopic (exact) mass is 264 g/mol. The van der Waals surface area contributed by atoms with Gasteiger partial charge in [-0.25, -0.2) is 4.98 Å². The molecule has 0 aliphatic heterocycles. The Bertz CT molecular complexity index is 440. The number of carbonyl (C=O) groups excluding carboxylic acids is 1. The molecule has 0 unspecified atom stereocenters. The van der Waals surface area contributed by atoms with E-state index in [0.29, 0.717) is 6.47 Å². The molecule has 0 aliphatic carbocycles. The molecule has 4 heteroatoms. The number of hydrogen-bond donors (Lipinski definition) is 0. The molecule has 0 bridgehead atoms. The molecule has 2 rings (SSSR count). The molecule has 0 amide bonds. The van der Waals surface area contributed by atoms with Crippen LogP contribution in [0.15, 0.2) is 24.5 Å². The number of aryl methyl sites for hydroxylation is 2. The van der Waals surface area contributed by atoms with Gasteiger partial charge in [-0.15, -0.1) is 0 Å². The van der Waals surface area contributed by atoms with Gasteiger partial charge in [-0.1, -0.05) is 20.8 Å². The second-order valence-corrected chi connectivity index (χ2v) is 3.50. The van der Waals surface area contributed by atoms with Crippen LogP contribution in [0.3, 0.4) is 0 Å². The topological polar surface area (TPSA) is 44.1 Å². The van der Waals surface area contributed by atoms with Gasteiger partial charge >= 0.3 is 0 Å². The van der Waals surface area contributed by atoms with Crippen molar-refractivity contribution >= 4 is 17.5 Å². The molecule has 19 heavy (non-hydrogen) atoms. The lowest BCUT2D eigenvalue weighted by Gasteiger charge is -1.96. The zero-order valence-corrected chi connectivity index (χ0v) is 12.5. The fourth-order valence-corrected chi connectivity index (χ4v) is 1.72. The summed E-state index contributed by atoms with van der Waals surface area (Å²) in [4.78, 5) is 13.3. The molecule has 0 N–H and O–H groups in total. The van der Waals surface area contributed by atoms with E-state index in [4.69, 9.17) is 4.79 Å². The summed E-state index contributed by atoms with van der Waals surface area (Å²) in [6.45, 7) is 9.70. The summed E-state index contributed by atoms with van der Waals surface area (Å²) in [7, 11) is 1.31. The van der Waals surface area contributed by atoms with Crippen molar-refractivity contribution < 1.29 is 9.53 Å². The van der Waals surface area contributed by atoms with Crippen molar-refractivity contribution in [1.29, 1.82) is 0 Å². The summed E-state index contributed by atoms with van der Waals surface area (Å²) in [5.74, 6) is 0. The highest BCUT2D eigenvalue weighted by atomic mass is 16.5. The zero-order chi connectivity index (χ0) is 14.7. The van der Waals surface area contributed by atoms with E-state index in [-0.39, 0.29) is 0 Å². The molecule has 0 saturated carbocycles. The number of aromatic nitrogens is 2. The minimum Gasteiger partial charge on any atom is -0.471 e. The molecule has 4 nitrogen and oxygen atoms in total. The van der Waals surface area contributed by atoms with Gasteiger partial charge in [-0.2, -0.15) is 0 Å². The molecule has 106 valence electrons.